The molecule has 7 heteroatoms. The van der Waals surface area contributed by atoms with Gasteiger partial charge in [0.1, 0.15) is 5.52 Å². The van der Waals surface area contributed by atoms with E-state index in [1.807, 2.05) is 34.9 Å². The Bertz CT molecular complexity index is 921. The highest BCUT2D eigenvalue weighted by Gasteiger charge is 2.25. The monoisotopic (exact) mass is 367 g/mol. The molecule has 2 heterocycles. The third-order valence-electron chi connectivity index (χ3n) is 4.25. The lowest BCUT2D eigenvalue weighted by atomic mass is 10.2. The molecule has 0 bridgehead atoms. The van der Waals surface area contributed by atoms with Gasteiger partial charge < -0.3 is 9.88 Å². The van der Waals surface area contributed by atoms with E-state index in [1.165, 1.54) is 0 Å². The molecule has 0 spiro atoms. The molecule has 26 heavy (non-hydrogen) atoms. The molecular formula is C19H21N5OS. The SMILES string of the molecule is CCCSc1nc(NC2CC2)c2c(n1)nc(C=O)n2Cc1ccccc1. The first-order valence-corrected chi connectivity index (χ1v) is 9.93. The summed E-state index contributed by atoms with van der Waals surface area (Å²) in [4.78, 5) is 25.4. The maximum absolute atomic E-state index is 11.6. The highest BCUT2D eigenvalue weighted by atomic mass is 32.2. The van der Waals surface area contributed by atoms with E-state index in [0.29, 0.717) is 29.2 Å². The van der Waals surface area contributed by atoms with Gasteiger partial charge in [-0.3, -0.25) is 4.79 Å². The Balaban J connectivity index is 1.82. The van der Waals surface area contributed by atoms with Gasteiger partial charge in [-0.05, 0) is 24.8 Å². The van der Waals surface area contributed by atoms with Crippen molar-refractivity contribution in [2.45, 2.75) is 43.9 Å². The number of nitrogens with one attached hydrogen (secondary N) is 1. The van der Waals surface area contributed by atoms with Crippen LogP contribution >= 0.6 is 11.8 Å². The standard InChI is InChI=1S/C19H21N5OS/c1-2-10-26-19-22-17(20-14-8-9-14)16-18(23-19)21-15(12-25)24(16)11-13-6-4-3-5-7-13/h3-7,12,14H,2,8-11H2,1H3,(H,20,22,23). The van der Waals surface area contributed by atoms with E-state index < -0.39 is 0 Å². The van der Waals surface area contributed by atoms with E-state index in [1.54, 1.807) is 11.8 Å². The summed E-state index contributed by atoms with van der Waals surface area (Å²) in [7, 11) is 0. The van der Waals surface area contributed by atoms with Crippen molar-refractivity contribution in [3.63, 3.8) is 0 Å². The number of fused-ring (bicyclic) bond motifs is 1. The minimum absolute atomic E-state index is 0.384. The van der Waals surface area contributed by atoms with Crippen LogP contribution in [0, 0.1) is 0 Å². The Morgan fingerprint density at radius 2 is 2.04 bits per heavy atom. The van der Waals surface area contributed by atoms with E-state index in [-0.39, 0.29) is 0 Å². The molecule has 0 amide bonds. The van der Waals surface area contributed by atoms with Crippen LogP contribution in [0.3, 0.4) is 0 Å². The van der Waals surface area contributed by atoms with Crippen LogP contribution in [-0.2, 0) is 6.54 Å². The second kappa shape index (κ2) is 7.45. The van der Waals surface area contributed by atoms with E-state index in [4.69, 9.17) is 4.98 Å². The summed E-state index contributed by atoms with van der Waals surface area (Å²) in [6.45, 7) is 2.70. The van der Waals surface area contributed by atoms with E-state index >= 15 is 0 Å². The average Bonchev–Trinajstić information content (AvgIpc) is 3.41. The Labute approximate surface area is 156 Å². The molecule has 1 aliphatic carbocycles. The van der Waals surface area contributed by atoms with Gasteiger partial charge in [0.05, 0.1) is 0 Å². The highest BCUT2D eigenvalue weighted by molar-refractivity contribution is 7.99. The number of carbonyl (C=O) groups is 1. The number of hydrogen-bond donors (Lipinski definition) is 1. The molecule has 0 aliphatic heterocycles. The molecule has 1 fully saturated rings. The fraction of sp³-hybridized carbons (Fsp3) is 0.368. The van der Waals surface area contributed by atoms with Crippen LogP contribution in [0.1, 0.15) is 42.4 Å². The maximum atomic E-state index is 11.6. The minimum atomic E-state index is 0.384. The number of anilines is 1. The normalized spacial score (nSPS) is 13.9. The van der Waals surface area contributed by atoms with Crippen LogP contribution < -0.4 is 5.32 Å². The molecule has 1 aliphatic rings. The summed E-state index contributed by atoms with van der Waals surface area (Å²) >= 11 is 1.62. The van der Waals surface area contributed by atoms with Gasteiger partial charge in [-0.25, -0.2) is 15.0 Å². The number of nitrogens with zero attached hydrogens (tertiary/aromatic N) is 4. The predicted molar refractivity (Wildman–Crippen MR) is 104 cm³/mol. The van der Waals surface area contributed by atoms with Crippen molar-refractivity contribution >= 4 is 35.0 Å². The van der Waals surface area contributed by atoms with Crippen molar-refractivity contribution in [2.75, 3.05) is 11.1 Å². The van der Waals surface area contributed by atoms with Gasteiger partial charge in [0.25, 0.3) is 0 Å². The lowest BCUT2D eigenvalue weighted by Gasteiger charge is -2.11. The summed E-state index contributed by atoms with van der Waals surface area (Å²) in [6, 6.07) is 10.5. The largest absolute Gasteiger partial charge is 0.365 e. The molecule has 0 radical (unpaired) electrons. The van der Waals surface area contributed by atoms with E-state index in [0.717, 1.165) is 48.2 Å². The molecular weight excluding hydrogens is 346 g/mol. The number of aldehydes is 1. The van der Waals surface area contributed by atoms with Gasteiger partial charge in [-0.2, -0.15) is 0 Å². The molecule has 6 nitrogen and oxygen atoms in total. The van der Waals surface area contributed by atoms with Crippen LogP contribution in [0.4, 0.5) is 5.82 Å². The van der Waals surface area contributed by atoms with Gasteiger partial charge in [0.2, 0.25) is 0 Å². The van der Waals surface area contributed by atoms with Gasteiger partial charge >= 0.3 is 0 Å². The quantitative estimate of drug-likeness (QED) is 0.371. The third-order valence-corrected chi connectivity index (χ3v) is 5.31. The number of hydrogen-bond acceptors (Lipinski definition) is 6. The number of aromatic nitrogens is 4. The summed E-state index contributed by atoms with van der Waals surface area (Å²) in [5.41, 5.74) is 2.50. The zero-order chi connectivity index (χ0) is 17.9. The molecule has 0 atom stereocenters. The van der Waals surface area contributed by atoms with Crippen molar-refractivity contribution in [1.29, 1.82) is 0 Å². The zero-order valence-electron chi connectivity index (χ0n) is 14.7. The predicted octanol–water partition coefficient (Wildman–Crippen LogP) is 3.76. The summed E-state index contributed by atoms with van der Waals surface area (Å²) in [5, 5.41) is 4.21. The van der Waals surface area contributed by atoms with Crippen LogP contribution in [0.15, 0.2) is 35.5 Å². The maximum Gasteiger partial charge on any atom is 0.191 e. The molecule has 1 saturated carbocycles. The van der Waals surface area contributed by atoms with Crippen LogP contribution in [0.25, 0.3) is 11.2 Å². The molecule has 1 aromatic carbocycles. The number of imidazole rings is 1. The first kappa shape index (κ1) is 17.0. The Hall–Kier alpha value is -2.41. The molecule has 1 N–H and O–H groups in total. The number of carbonyl (C=O) groups excluding carboxylic acids is 1. The van der Waals surface area contributed by atoms with Crippen LogP contribution in [0.5, 0.6) is 0 Å². The zero-order valence-corrected chi connectivity index (χ0v) is 15.5. The Morgan fingerprint density at radius 1 is 1.23 bits per heavy atom. The van der Waals surface area contributed by atoms with Gasteiger partial charge in [-0.1, -0.05) is 49.0 Å². The summed E-state index contributed by atoms with van der Waals surface area (Å²) < 4.78 is 1.91. The molecule has 134 valence electrons. The second-order valence-electron chi connectivity index (χ2n) is 6.45. The van der Waals surface area contributed by atoms with Crippen molar-refractivity contribution in [1.82, 2.24) is 19.5 Å². The molecule has 0 saturated heterocycles. The minimum Gasteiger partial charge on any atom is -0.365 e. The molecule has 3 aromatic rings. The van der Waals surface area contributed by atoms with E-state index in [2.05, 4.69) is 22.2 Å². The Morgan fingerprint density at radius 3 is 2.73 bits per heavy atom. The lowest BCUT2D eigenvalue weighted by Crippen LogP contribution is -2.10. The van der Waals surface area contributed by atoms with Crippen molar-refractivity contribution in [2.24, 2.45) is 0 Å². The second-order valence-corrected chi connectivity index (χ2v) is 7.52. The first-order chi connectivity index (χ1) is 12.8. The molecule has 0 unspecified atom stereocenters. The average molecular weight is 367 g/mol. The van der Waals surface area contributed by atoms with Crippen molar-refractivity contribution < 1.29 is 4.79 Å². The lowest BCUT2D eigenvalue weighted by molar-refractivity contribution is 0.111. The number of rotatable bonds is 8. The summed E-state index contributed by atoms with van der Waals surface area (Å²) in [5.74, 6) is 2.13. The van der Waals surface area contributed by atoms with Gasteiger partial charge in [0, 0.05) is 18.3 Å². The van der Waals surface area contributed by atoms with E-state index in [9.17, 15) is 4.79 Å². The van der Waals surface area contributed by atoms with Crippen LogP contribution in [0.2, 0.25) is 0 Å². The van der Waals surface area contributed by atoms with Gasteiger partial charge in [0.15, 0.2) is 28.7 Å². The molecule has 2 aromatic heterocycles. The van der Waals surface area contributed by atoms with Crippen molar-refractivity contribution in [3.05, 3.63) is 41.7 Å². The number of thioether (sulfide) groups is 1. The number of benzene rings is 1. The van der Waals surface area contributed by atoms with Crippen LogP contribution in [-0.4, -0.2) is 37.6 Å². The highest BCUT2D eigenvalue weighted by Crippen LogP contribution is 2.31. The Kier molecular flexibility index (Phi) is 4.88. The smallest absolute Gasteiger partial charge is 0.191 e. The van der Waals surface area contributed by atoms with Gasteiger partial charge in [-0.15, -0.1) is 0 Å². The fourth-order valence-corrected chi connectivity index (χ4v) is 3.52. The van der Waals surface area contributed by atoms with Crippen molar-refractivity contribution in [3.8, 4) is 0 Å². The topological polar surface area (TPSA) is 72.7 Å². The third kappa shape index (κ3) is 3.58. The fourth-order valence-electron chi connectivity index (χ4n) is 2.83. The molecule has 4 rings (SSSR count). The first-order valence-electron chi connectivity index (χ1n) is 8.95. The summed E-state index contributed by atoms with van der Waals surface area (Å²) in [6.07, 6.45) is 4.15.